The number of nitrogens with zero attached hydrogens (tertiary/aromatic N) is 1. The summed E-state index contributed by atoms with van der Waals surface area (Å²) < 4.78 is 33.5. The number of carbonyl (C=O) groups is 2. The normalized spacial score (nSPS) is 13.8. The molecule has 0 saturated carbocycles. The summed E-state index contributed by atoms with van der Waals surface area (Å²) in [5.41, 5.74) is 1.94. The zero-order chi connectivity index (χ0) is 24.5. The minimum absolute atomic E-state index is 0.0644. The summed E-state index contributed by atoms with van der Waals surface area (Å²) in [4.78, 5) is 26.9. The van der Waals surface area contributed by atoms with Gasteiger partial charge in [-0.1, -0.05) is 53.5 Å². The maximum atomic E-state index is 12.9. The number of anilines is 2. The lowest BCUT2D eigenvalue weighted by molar-refractivity contribution is -0.126. The van der Waals surface area contributed by atoms with Crippen molar-refractivity contribution in [3.63, 3.8) is 0 Å². The third-order valence-corrected chi connectivity index (χ3v) is 7.54. The predicted octanol–water partition coefficient (Wildman–Crippen LogP) is 4.93. The summed E-state index contributed by atoms with van der Waals surface area (Å²) in [6, 6.07) is 17.6. The third kappa shape index (κ3) is 4.89. The summed E-state index contributed by atoms with van der Waals surface area (Å²) in [7, 11) is -4.16. The van der Waals surface area contributed by atoms with E-state index < -0.39 is 22.1 Å². The second kappa shape index (κ2) is 9.66. The summed E-state index contributed by atoms with van der Waals surface area (Å²) >= 11 is 12.2. The molecule has 0 saturated heterocycles. The van der Waals surface area contributed by atoms with Crippen LogP contribution in [0.2, 0.25) is 10.0 Å². The lowest BCUT2D eigenvalue weighted by Crippen LogP contribution is -2.39. The van der Waals surface area contributed by atoms with Crippen LogP contribution >= 0.6 is 23.2 Å². The van der Waals surface area contributed by atoms with E-state index in [2.05, 4.69) is 4.72 Å². The van der Waals surface area contributed by atoms with Crippen LogP contribution in [0.1, 0.15) is 22.8 Å². The van der Waals surface area contributed by atoms with E-state index in [4.69, 9.17) is 27.9 Å². The van der Waals surface area contributed by atoms with Crippen LogP contribution in [0.25, 0.3) is 0 Å². The second-order valence-electron chi connectivity index (χ2n) is 7.65. The number of hydrogen-bond donors (Lipinski definition) is 1. The number of rotatable bonds is 6. The first-order chi connectivity index (χ1) is 16.2. The van der Waals surface area contributed by atoms with Gasteiger partial charge in [-0.05, 0) is 55.3 Å². The maximum absolute atomic E-state index is 12.9. The first-order valence-corrected chi connectivity index (χ1v) is 12.6. The van der Waals surface area contributed by atoms with Crippen LogP contribution in [0, 0.1) is 0 Å². The Labute approximate surface area is 207 Å². The van der Waals surface area contributed by atoms with Gasteiger partial charge in [-0.15, -0.1) is 0 Å². The number of fused-ring (bicyclic) bond motifs is 1. The number of halogens is 2. The van der Waals surface area contributed by atoms with E-state index in [1.165, 1.54) is 31.2 Å². The molecule has 1 aliphatic heterocycles. The molecule has 0 fully saturated rings. The maximum Gasteiger partial charge on any atom is 0.338 e. The molecule has 1 amide bonds. The zero-order valence-electron chi connectivity index (χ0n) is 18.0. The van der Waals surface area contributed by atoms with E-state index in [9.17, 15) is 18.0 Å². The molecule has 0 spiro atoms. The Morgan fingerprint density at radius 2 is 1.71 bits per heavy atom. The van der Waals surface area contributed by atoms with Crippen LogP contribution in [0.5, 0.6) is 0 Å². The van der Waals surface area contributed by atoms with Crippen molar-refractivity contribution < 1.29 is 22.7 Å². The molecule has 0 bridgehead atoms. The van der Waals surface area contributed by atoms with Gasteiger partial charge in [0, 0.05) is 12.2 Å². The molecule has 1 N–H and O–H groups in total. The highest BCUT2D eigenvalue weighted by Crippen LogP contribution is 2.30. The van der Waals surface area contributed by atoms with Gasteiger partial charge in [-0.3, -0.25) is 9.52 Å². The number of para-hydroxylation sites is 2. The van der Waals surface area contributed by atoms with Gasteiger partial charge in [0.2, 0.25) is 0 Å². The van der Waals surface area contributed by atoms with Crippen molar-refractivity contribution in [1.29, 1.82) is 0 Å². The highest BCUT2D eigenvalue weighted by Gasteiger charge is 2.30. The quantitative estimate of drug-likeness (QED) is 0.467. The van der Waals surface area contributed by atoms with E-state index in [1.54, 1.807) is 17.0 Å². The summed E-state index contributed by atoms with van der Waals surface area (Å²) in [5, 5.41) is 0.113. The van der Waals surface area contributed by atoms with Crippen LogP contribution in [0.3, 0.4) is 0 Å². The van der Waals surface area contributed by atoms with Crippen LogP contribution in [-0.4, -0.2) is 32.9 Å². The average molecular weight is 519 g/mol. The zero-order valence-corrected chi connectivity index (χ0v) is 20.3. The van der Waals surface area contributed by atoms with E-state index in [1.807, 2.05) is 24.3 Å². The van der Waals surface area contributed by atoms with Crippen LogP contribution in [0.4, 0.5) is 11.4 Å². The fraction of sp³-hybridized carbons (Fsp3) is 0.167. The number of esters is 1. The standard InChI is InChI=1S/C24H20Cl2N2O5S/c1-15(23(29)28-13-12-16-6-2-5-9-21(16)28)33-24(30)17-10-11-19(26)22(14-17)34(31,32)27-20-8-4-3-7-18(20)25/h2-11,14-15,27H,12-13H2,1H3/t15-/m0/s1. The van der Waals surface area contributed by atoms with Crippen molar-refractivity contribution in [2.75, 3.05) is 16.2 Å². The van der Waals surface area contributed by atoms with Gasteiger partial charge in [0.25, 0.3) is 15.9 Å². The molecule has 1 atom stereocenters. The van der Waals surface area contributed by atoms with Crippen LogP contribution < -0.4 is 9.62 Å². The molecule has 0 unspecified atom stereocenters. The van der Waals surface area contributed by atoms with Crippen molar-refractivity contribution in [2.45, 2.75) is 24.3 Å². The van der Waals surface area contributed by atoms with Gasteiger partial charge in [0.15, 0.2) is 6.10 Å². The Morgan fingerprint density at radius 3 is 2.47 bits per heavy atom. The van der Waals surface area contributed by atoms with Crippen LogP contribution in [0.15, 0.2) is 71.6 Å². The first-order valence-electron chi connectivity index (χ1n) is 10.3. The first kappa shape index (κ1) is 24.1. The number of ether oxygens (including phenoxy) is 1. The van der Waals surface area contributed by atoms with Crippen molar-refractivity contribution in [3.05, 3.63) is 87.9 Å². The lowest BCUT2D eigenvalue weighted by atomic mass is 10.2. The number of amides is 1. The molecule has 34 heavy (non-hydrogen) atoms. The molecule has 3 aromatic carbocycles. The molecule has 1 aliphatic rings. The number of hydrogen-bond acceptors (Lipinski definition) is 5. The summed E-state index contributed by atoms with van der Waals surface area (Å²) in [5.74, 6) is -1.21. The van der Waals surface area contributed by atoms with Gasteiger partial charge in [0.1, 0.15) is 4.90 Å². The Bertz CT molecular complexity index is 1380. The van der Waals surface area contributed by atoms with Gasteiger partial charge in [0.05, 0.1) is 21.3 Å². The van der Waals surface area contributed by atoms with E-state index in [0.717, 1.165) is 23.7 Å². The Hall–Kier alpha value is -3.07. The fourth-order valence-electron chi connectivity index (χ4n) is 3.65. The second-order valence-corrected chi connectivity index (χ2v) is 10.1. The topological polar surface area (TPSA) is 92.8 Å². The largest absolute Gasteiger partial charge is 0.449 e. The minimum Gasteiger partial charge on any atom is -0.449 e. The van der Waals surface area contributed by atoms with Gasteiger partial charge >= 0.3 is 5.97 Å². The van der Waals surface area contributed by atoms with Crippen molar-refractivity contribution in [1.82, 2.24) is 0 Å². The molecular weight excluding hydrogens is 499 g/mol. The Balaban J connectivity index is 1.51. The molecule has 176 valence electrons. The van der Waals surface area contributed by atoms with E-state index in [-0.39, 0.29) is 32.1 Å². The van der Waals surface area contributed by atoms with Crippen molar-refractivity contribution in [2.24, 2.45) is 0 Å². The number of benzene rings is 3. The molecule has 0 aliphatic carbocycles. The van der Waals surface area contributed by atoms with Crippen molar-refractivity contribution in [3.8, 4) is 0 Å². The highest BCUT2D eigenvalue weighted by molar-refractivity contribution is 7.92. The molecule has 0 radical (unpaired) electrons. The lowest BCUT2D eigenvalue weighted by Gasteiger charge is -2.21. The van der Waals surface area contributed by atoms with Crippen molar-refractivity contribution >= 4 is 56.5 Å². The van der Waals surface area contributed by atoms with Crippen LogP contribution in [-0.2, 0) is 26.0 Å². The molecule has 10 heteroatoms. The number of nitrogens with one attached hydrogen (secondary N) is 1. The molecule has 4 rings (SSSR count). The monoisotopic (exact) mass is 518 g/mol. The molecule has 3 aromatic rings. The highest BCUT2D eigenvalue weighted by atomic mass is 35.5. The average Bonchev–Trinajstić information content (AvgIpc) is 3.24. The number of sulfonamides is 1. The predicted molar refractivity (Wildman–Crippen MR) is 131 cm³/mol. The molecule has 1 heterocycles. The van der Waals surface area contributed by atoms with Gasteiger partial charge < -0.3 is 9.64 Å². The Kier molecular flexibility index (Phi) is 6.84. The SMILES string of the molecule is C[C@H](OC(=O)c1ccc(Cl)c(S(=O)(=O)Nc2ccccc2Cl)c1)C(=O)N1CCc2ccccc21. The Morgan fingerprint density at radius 1 is 1.00 bits per heavy atom. The number of carbonyl (C=O) groups excluding carboxylic acids is 2. The third-order valence-electron chi connectivity index (χ3n) is 5.36. The molecule has 0 aromatic heterocycles. The fourth-order valence-corrected chi connectivity index (χ4v) is 5.49. The summed E-state index contributed by atoms with van der Waals surface area (Å²) in [6.07, 6.45) is -0.352. The smallest absolute Gasteiger partial charge is 0.338 e. The van der Waals surface area contributed by atoms with Gasteiger partial charge in [-0.2, -0.15) is 0 Å². The minimum atomic E-state index is -4.16. The van der Waals surface area contributed by atoms with Gasteiger partial charge in [-0.25, -0.2) is 13.2 Å². The van der Waals surface area contributed by atoms with E-state index >= 15 is 0 Å². The summed E-state index contributed by atoms with van der Waals surface area (Å²) in [6.45, 7) is 1.98. The molecular formula is C24H20Cl2N2O5S. The molecule has 7 nitrogen and oxygen atoms in total. The van der Waals surface area contributed by atoms with E-state index in [0.29, 0.717) is 6.54 Å².